The summed E-state index contributed by atoms with van der Waals surface area (Å²) in [6, 6.07) is 0. The van der Waals surface area contributed by atoms with Gasteiger partial charge in [-0.2, -0.15) is 6.42 Å². The second-order valence-corrected chi connectivity index (χ2v) is 2.71. The van der Waals surface area contributed by atoms with E-state index in [9.17, 15) is 0 Å². The predicted molar refractivity (Wildman–Crippen MR) is 35.3 cm³/mol. The van der Waals surface area contributed by atoms with Crippen LogP contribution in [0.25, 0.3) is 0 Å². The average molecular weight is 200 g/mol. The summed E-state index contributed by atoms with van der Waals surface area (Å²) < 4.78 is 0. The van der Waals surface area contributed by atoms with E-state index in [-0.39, 0.29) is 32.7 Å². The number of nitrogens with one attached hydrogen (secondary N) is 1. The Balaban J connectivity index is 0.000000640. The van der Waals surface area contributed by atoms with Gasteiger partial charge in [-0.25, -0.2) is 0 Å². The summed E-state index contributed by atoms with van der Waals surface area (Å²) in [5.74, 6) is 0. The first kappa shape index (κ1) is 10.1. The Morgan fingerprint density at radius 2 is 2.00 bits per heavy atom. The Morgan fingerprint density at radius 1 is 1.44 bits per heavy atom. The van der Waals surface area contributed by atoms with Gasteiger partial charge in [0.05, 0.1) is 0 Å². The van der Waals surface area contributed by atoms with Gasteiger partial charge in [0.15, 0.2) is 0 Å². The minimum atomic E-state index is 0. The zero-order valence-electron chi connectivity index (χ0n) is 5.82. The van der Waals surface area contributed by atoms with Gasteiger partial charge in [-0.3, -0.25) is 0 Å². The third kappa shape index (κ3) is 2.65. The van der Waals surface area contributed by atoms with Crippen molar-refractivity contribution in [2.75, 3.05) is 13.1 Å². The van der Waals surface area contributed by atoms with Crippen LogP contribution < -0.4 is 5.32 Å². The van der Waals surface area contributed by atoms with Crippen molar-refractivity contribution in [3.8, 4) is 0 Å². The van der Waals surface area contributed by atoms with E-state index in [1.54, 1.807) is 0 Å². The molecule has 0 aromatic heterocycles. The van der Waals surface area contributed by atoms with Gasteiger partial charge in [0, 0.05) is 32.7 Å². The first-order chi connectivity index (χ1) is 3.77. The van der Waals surface area contributed by atoms with Gasteiger partial charge in [0.25, 0.3) is 0 Å². The molecule has 0 atom stereocenters. The topological polar surface area (TPSA) is 12.0 Å². The Labute approximate surface area is 82.9 Å². The van der Waals surface area contributed by atoms with E-state index in [1.165, 1.54) is 6.42 Å². The Bertz CT molecular complexity index is 79.0. The second kappa shape index (κ2) is 4.05. The zero-order valence-corrected chi connectivity index (χ0v) is 8.66. The fourth-order valence-electron chi connectivity index (χ4n) is 1.03. The van der Waals surface area contributed by atoms with Crippen LogP contribution in [0.3, 0.4) is 0 Å². The molecule has 1 saturated heterocycles. The molecule has 1 aliphatic rings. The monoisotopic (exact) mass is 200 g/mol. The fourth-order valence-corrected chi connectivity index (χ4v) is 1.03. The average Bonchev–Trinajstić information content (AvgIpc) is 1.64. The number of hydrogen-bond acceptors (Lipinski definition) is 1. The molecule has 0 bridgehead atoms. The van der Waals surface area contributed by atoms with Gasteiger partial charge in [-0.05, 0) is 13.1 Å². The van der Waals surface area contributed by atoms with Gasteiger partial charge in [-0.15, -0.1) is 11.8 Å². The maximum atomic E-state index is 4.06. The van der Waals surface area contributed by atoms with E-state index >= 15 is 0 Å². The van der Waals surface area contributed by atoms with E-state index < -0.39 is 0 Å². The molecule has 0 aromatic rings. The van der Waals surface area contributed by atoms with Crippen molar-refractivity contribution in [2.45, 2.75) is 12.8 Å². The molecule has 51 valence electrons. The Kier molecular flexibility index (Phi) is 4.53. The SMILES string of the molecule is [CH2-]CCC1([CH2-])CNC1.[Y]. The summed E-state index contributed by atoms with van der Waals surface area (Å²) in [5.41, 5.74) is 0.349. The van der Waals surface area contributed by atoms with E-state index in [4.69, 9.17) is 0 Å². The quantitative estimate of drug-likeness (QED) is 0.656. The fraction of sp³-hybridized carbons (Fsp3) is 0.714. The normalized spacial score (nSPS) is 22.0. The van der Waals surface area contributed by atoms with Crippen LogP contribution in [0.1, 0.15) is 12.8 Å². The predicted octanol–water partition coefficient (Wildman–Crippen LogP) is 1.02. The van der Waals surface area contributed by atoms with Crippen LogP contribution in [-0.4, -0.2) is 13.1 Å². The van der Waals surface area contributed by atoms with Gasteiger partial charge in [0.2, 0.25) is 0 Å². The van der Waals surface area contributed by atoms with E-state index in [0.29, 0.717) is 5.41 Å². The van der Waals surface area contributed by atoms with Crippen molar-refractivity contribution in [1.29, 1.82) is 0 Å². The third-order valence-electron chi connectivity index (χ3n) is 1.71. The molecule has 1 heterocycles. The molecule has 1 N–H and O–H groups in total. The van der Waals surface area contributed by atoms with Crippen LogP contribution >= 0.6 is 0 Å². The van der Waals surface area contributed by atoms with Crippen molar-refractivity contribution in [3.63, 3.8) is 0 Å². The largest absolute Gasteiger partial charge is 0.343 e. The molecule has 9 heavy (non-hydrogen) atoms. The molecule has 2 heteroatoms. The van der Waals surface area contributed by atoms with Gasteiger partial charge < -0.3 is 19.2 Å². The molecular formula is C7H13NY-2. The molecule has 1 nitrogen and oxygen atoms in total. The van der Waals surface area contributed by atoms with Crippen molar-refractivity contribution in [3.05, 3.63) is 13.8 Å². The molecule has 0 unspecified atom stereocenters. The van der Waals surface area contributed by atoms with Crippen LogP contribution in [0, 0.1) is 19.3 Å². The Hall–Kier alpha value is 1.06. The maximum Gasteiger partial charge on any atom is 0 e. The van der Waals surface area contributed by atoms with Crippen LogP contribution in [0.4, 0.5) is 0 Å². The molecule has 0 amide bonds. The second-order valence-electron chi connectivity index (χ2n) is 2.71. The standard InChI is InChI=1S/C7H13N.Y/c1-3-4-7(2)5-8-6-7;/h8H,1-6H2;/q-2;. The number of hydrogen-bond donors (Lipinski definition) is 1. The van der Waals surface area contributed by atoms with Gasteiger partial charge in [0.1, 0.15) is 0 Å². The molecule has 0 aromatic carbocycles. The van der Waals surface area contributed by atoms with Crippen LogP contribution in [0.15, 0.2) is 0 Å². The molecule has 0 aliphatic carbocycles. The summed E-state index contributed by atoms with van der Waals surface area (Å²) >= 11 is 0. The van der Waals surface area contributed by atoms with Crippen molar-refractivity contribution >= 4 is 0 Å². The van der Waals surface area contributed by atoms with E-state index in [2.05, 4.69) is 19.2 Å². The van der Waals surface area contributed by atoms with E-state index in [0.717, 1.165) is 19.5 Å². The molecule has 1 aliphatic heterocycles. The first-order valence-electron chi connectivity index (χ1n) is 3.12. The minimum Gasteiger partial charge on any atom is -0.343 e. The molecule has 1 fully saturated rings. The third-order valence-corrected chi connectivity index (χ3v) is 1.71. The number of rotatable bonds is 2. The minimum absolute atomic E-state index is 0. The van der Waals surface area contributed by atoms with Crippen molar-refractivity contribution in [2.24, 2.45) is 5.41 Å². The van der Waals surface area contributed by atoms with Crippen LogP contribution in [0.2, 0.25) is 0 Å². The Morgan fingerprint density at radius 3 is 2.11 bits per heavy atom. The molecule has 0 saturated carbocycles. The molecule has 1 rings (SSSR count). The summed E-state index contributed by atoms with van der Waals surface area (Å²) in [5, 5.41) is 3.20. The molecular weight excluding hydrogens is 187 g/mol. The smallest absolute Gasteiger partial charge is 0 e. The molecule has 0 spiro atoms. The summed E-state index contributed by atoms with van der Waals surface area (Å²) in [4.78, 5) is 0. The van der Waals surface area contributed by atoms with E-state index in [1.807, 2.05) is 0 Å². The summed E-state index contributed by atoms with van der Waals surface area (Å²) in [6.45, 7) is 10.0. The van der Waals surface area contributed by atoms with Gasteiger partial charge in [-0.1, -0.05) is 0 Å². The summed E-state index contributed by atoms with van der Waals surface area (Å²) in [7, 11) is 0. The van der Waals surface area contributed by atoms with Crippen LogP contribution in [0.5, 0.6) is 0 Å². The zero-order chi connectivity index (χ0) is 6.04. The summed E-state index contributed by atoms with van der Waals surface area (Å²) in [6.07, 6.45) is 2.19. The van der Waals surface area contributed by atoms with Crippen molar-refractivity contribution < 1.29 is 32.7 Å². The maximum absolute atomic E-state index is 4.06. The molecule has 1 radical (unpaired) electrons. The first-order valence-corrected chi connectivity index (χ1v) is 3.12. The van der Waals surface area contributed by atoms with Crippen LogP contribution in [-0.2, 0) is 32.7 Å². The van der Waals surface area contributed by atoms with Crippen molar-refractivity contribution in [1.82, 2.24) is 5.32 Å². The van der Waals surface area contributed by atoms with Gasteiger partial charge >= 0.3 is 0 Å².